The van der Waals surface area contributed by atoms with Crippen molar-refractivity contribution in [3.63, 3.8) is 0 Å². The largest absolute Gasteiger partial charge is 0.481 e. The van der Waals surface area contributed by atoms with Gasteiger partial charge in [0, 0.05) is 0 Å². The van der Waals surface area contributed by atoms with Gasteiger partial charge in [0.25, 0.3) is 0 Å². The molecule has 1 N–H and O–H groups in total. The van der Waals surface area contributed by atoms with Crippen molar-refractivity contribution in [1.82, 2.24) is 0 Å². The number of aliphatic carboxylic acids is 1. The van der Waals surface area contributed by atoms with Crippen LogP contribution in [-0.4, -0.2) is 11.1 Å². The Labute approximate surface area is 90.9 Å². The normalized spacial score (nSPS) is 14.5. The van der Waals surface area contributed by atoms with Crippen LogP contribution in [0.4, 0.5) is 0 Å². The monoisotopic (exact) mass is 206 g/mol. The second-order valence-electron chi connectivity index (χ2n) is 4.02. The summed E-state index contributed by atoms with van der Waals surface area (Å²) in [4.78, 5) is 11.1. The summed E-state index contributed by atoms with van der Waals surface area (Å²) >= 11 is 0. The summed E-state index contributed by atoms with van der Waals surface area (Å²) in [5.74, 6) is -0.728. The summed E-state index contributed by atoms with van der Waals surface area (Å²) in [7, 11) is 0. The second-order valence-corrected chi connectivity index (χ2v) is 4.02. The van der Waals surface area contributed by atoms with Gasteiger partial charge in [0.1, 0.15) is 0 Å². The summed E-state index contributed by atoms with van der Waals surface area (Å²) in [6.07, 6.45) is 1.54. The van der Waals surface area contributed by atoms with Gasteiger partial charge in [0.2, 0.25) is 0 Å². The molecule has 15 heavy (non-hydrogen) atoms. The molecule has 0 aliphatic carbocycles. The van der Waals surface area contributed by atoms with Gasteiger partial charge in [-0.15, -0.1) is 0 Å². The number of hydrogen-bond donors (Lipinski definition) is 1. The molecule has 1 unspecified atom stereocenters. The van der Waals surface area contributed by atoms with E-state index in [0.29, 0.717) is 6.42 Å². The van der Waals surface area contributed by atoms with Crippen molar-refractivity contribution in [2.75, 3.05) is 0 Å². The van der Waals surface area contributed by atoms with E-state index in [1.165, 1.54) is 0 Å². The summed E-state index contributed by atoms with van der Waals surface area (Å²) in [5.41, 5.74) is 1.10. The maximum atomic E-state index is 11.1. The number of carbonyl (C=O) groups is 1. The lowest BCUT2D eigenvalue weighted by atomic mass is 9.86. The molecule has 0 aromatic heterocycles. The fraction of sp³-hybridized carbons (Fsp3) is 0.462. The lowest BCUT2D eigenvalue weighted by molar-refractivity contribution is -0.143. The van der Waals surface area contributed by atoms with Crippen molar-refractivity contribution >= 4 is 5.97 Å². The quantitative estimate of drug-likeness (QED) is 0.804. The third-order valence-corrected chi connectivity index (χ3v) is 2.95. The highest BCUT2D eigenvalue weighted by atomic mass is 16.4. The molecule has 0 saturated carbocycles. The van der Waals surface area contributed by atoms with Crippen LogP contribution in [0.3, 0.4) is 0 Å². The number of carboxylic acids is 1. The highest BCUT2D eigenvalue weighted by molar-refractivity contribution is 5.70. The maximum Gasteiger partial charge on any atom is 0.307 e. The van der Waals surface area contributed by atoms with Crippen molar-refractivity contribution in [3.8, 4) is 0 Å². The van der Waals surface area contributed by atoms with Gasteiger partial charge in [-0.1, -0.05) is 50.6 Å². The van der Waals surface area contributed by atoms with Crippen LogP contribution in [-0.2, 0) is 11.2 Å². The maximum absolute atomic E-state index is 11.1. The Morgan fingerprint density at radius 2 is 1.93 bits per heavy atom. The summed E-state index contributed by atoms with van der Waals surface area (Å²) in [6.45, 7) is 4.04. The van der Waals surface area contributed by atoms with Crippen LogP contribution in [0, 0.1) is 11.8 Å². The lowest BCUT2D eigenvalue weighted by Crippen LogP contribution is -2.23. The average molecular weight is 206 g/mol. The molecule has 2 atom stereocenters. The number of hydrogen-bond acceptors (Lipinski definition) is 1. The molecule has 1 aromatic rings. The van der Waals surface area contributed by atoms with Gasteiger partial charge in [-0.05, 0) is 17.9 Å². The van der Waals surface area contributed by atoms with Crippen LogP contribution in [0.1, 0.15) is 25.8 Å². The molecule has 0 fully saturated rings. The minimum absolute atomic E-state index is 0.225. The Bertz CT molecular complexity index is 306. The van der Waals surface area contributed by atoms with Gasteiger partial charge in [0.05, 0.1) is 5.92 Å². The topological polar surface area (TPSA) is 37.3 Å². The second kappa shape index (κ2) is 5.54. The molecule has 2 heteroatoms. The first-order chi connectivity index (χ1) is 7.15. The smallest absolute Gasteiger partial charge is 0.307 e. The zero-order valence-corrected chi connectivity index (χ0v) is 9.31. The van der Waals surface area contributed by atoms with Crippen LogP contribution in [0.15, 0.2) is 30.3 Å². The van der Waals surface area contributed by atoms with Gasteiger partial charge in [-0.3, -0.25) is 4.79 Å². The molecule has 0 spiro atoms. The first kappa shape index (κ1) is 11.8. The van der Waals surface area contributed by atoms with Crippen molar-refractivity contribution in [1.29, 1.82) is 0 Å². The first-order valence-electron chi connectivity index (χ1n) is 5.41. The number of carboxylic acid groups (broad SMARTS) is 1. The van der Waals surface area contributed by atoms with Gasteiger partial charge in [-0.2, -0.15) is 0 Å². The summed E-state index contributed by atoms with van der Waals surface area (Å²) < 4.78 is 0. The SMILES string of the molecule is CCC(C)[C@@H](Cc1ccccc1)C(=O)O. The van der Waals surface area contributed by atoms with E-state index < -0.39 is 5.97 Å². The van der Waals surface area contributed by atoms with Crippen LogP contribution in [0.25, 0.3) is 0 Å². The highest BCUT2D eigenvalue weighted by Gasteiger charge is 2.23. The molecule has 0 bridgehead atoms. The van der Waals surface area contributed by atoms with Gasteiger partial charge >= 0.3 is 5.97 Å². The molecule has 0 saturated heterocycles. The average Bonchev–Trinajstić information content (AvgIpc) is 2.26. The number of benzene rings is 1. The predicted octanol–water partition coefficient (Wildman–Crippen LogP) is 2.98. The molecule has 1 aromatic carbocycles. The zero-order chi connectivity index (χ0) is 11.3. The Balaban J connectivity index is 2.71. The molecule has 0 aliphatic heterocycles. The van der Waals surface area contributed by atoms with Gasteiger partial charge in [-0.25, -0.2) is 0 Å². The predicted molar refractivity (Wildman–Crippen MR) is 60.7 cm³/mol. The molecule has 0 amide bonds. The van der Waals surface area contributed by atoms with Crippen LogP contribution in [0.2, 0.25) is 0 Å². The standard InChI is InChI=1S/C13H18O2/c1-3-10(2)12(13(14)15)9-11-7-5-4-6-8-11/h4-8,10,12H,3,9H2,1-2H3,(H,14,15)/t10?,12-/m1/s1. The van der Waals surface area contributed by atoms with Crippen LogP contribution in [0.5, 0.6) is 0 Å². The molecule has 2 nitrogen and oxygen atoms in total. The Morgan fingerprint density at radius 3 is 2.40 bits per heavy atom. The van der Waals surface area contributed by atoms with E-state index >= 15 is 0 Å². The molecule has 1 rings (SSSR count). The Kier molecular flexibility index (Phi) is 4.35. The van der Waals surface area contributed by atoms with Crippen molar-refractivity contribution in [2.45, 2.75) is 26.7 Å². The minimum Gasteiger partial charge on any atom is -0.481 e. The van der Waals surface area contributed by atoms with E-state index in [9.17, 15) is 4.79 Å². The van der Waals surface area contributed by atoms with Crippen molar-refractivity contribution in [3.05, 3.63) is 35.9 Å². The van der Waals surface area contributed by atoms with Crippen LogP contribution < -0.4 is 0 Å². The molecule has 0 radical (unpaired) electrons. The lowest BCUT2D eigenvalue weighted by Gasteiger charge is -2.18. The van der Waals surface area contributed by atoms with E-state index in [4.69, 9.17) is 5.11 Å². The molecular weight excluding hydrogens is 188 g/mol. The highest BCUT2D eigenvalue weighted by Crippen LogP contribution is 2.20. The molecular formula is C13H18O2. The first-order valence-corrected chi connectivity index (χ1v) is 5.41. The third-order valence-electron chi connectivity index (χ3n) is 2.95. The van der Waals surface area contributed by atoms with Crippen molar-refractivity contribution < 1.29 is 9.90 Å². The van der Waals surface area contributed by atoms with Crippen LogP contribution >= 0.6 is 0 Å². The molecule has 82 valence electrons. The van der Waals surface area contributed by atoms with E-state index in [0.717, 1.165) is 12.0 Å². The van der Waals surface area contributed by atoms with E-state index in [1.54, 1.807) is 0 Å². The summed E-state index contributed by atoms with van der Waals surface area (Å²) in [5, 5.41) is 9.14. The van der Waals surface area contributed by atoms with E-state index in [-0.39, 0.29) is 11.8 Å². The van der Waals surface area contributed by atoms with Gasteiger partial charge < -0.3 is 5.11 Å². The molecule has 0 aliphatic rings. The fourth-order valence-corrected chi connectivity index (χ4v) is 1.68. The zero-order valence-electron chi connectivity index (χ0n) is 9.31. The summed E-state index contributed by atoms with van der Waals surface area (Å²) in [6, 6.07) is 9.81. The van der Waals surface area contributed by atoms with E-state index in [1.807, 2.05) is 44.2 Å². The van der Waals surface area contributed by atoms with Gasteiger partial charge in [0.15, 0.2) is 0 Å². The Morgan fingerprint density at radius 1 is 1.33 bits per heavy atom. The molecule has 0 heterocycles. The fourth-order valence-electron chi connectivity index (χ4n) is 1.68. The Hall–Kier alpha value is -1.31. The van der Waals surface area contributed by atoms with Crippen molar-refractivity contribution in [2.24, 2.45) is 11.8 Å². The van der Waals surface area contributed by atoms with E-state index in [2.05, 4.69) is 0 Å². The minimum atomic E-state index is -0.687. The number of rotatable bonds is 5. The third kappa shape index (κ3) is 3.39.